The highest BCUT2D eigenvalue weighted by Crippen LogP contribution is 2.30. The molecule has 0 aliphatic carbocycles. The number of aromatic nitrogens is 3. The number of benzene rings is 1. The van der Waals surface area contributed by atoms with E-state index in [1.165, 1.54) is 5.69 Å². The van der Waals surface area contributed by atoms with Gasteiger partial charge in [-0.1, -0.05) is 12.1 Å². The van der Waals surface area contributed by atoms with Gasteiger partial charge in [0, 0.05) is 49.2 Å². The maximum atomic E-state index is 5.50. The summed E-state index contributed by atoms with van der Waals surface area (Å²) < 4.78 is 5.50. The zero-order valence-electron chi connectivity index (χ0n) is 14.9. The van der Waals surface area contributed by atoms with Crippen LogP contribution in [-0.2, 0) is 6.54 Å². The second-order valence-corrected chi connectivity index (χ2v) is 6.50. The van der Waals surface area contributed by atoms with Crippen molar-refractivity contribution in [3.05, 3.63) is 60.6 Å². The molecule has 2 aromatic heterocycles. The third kappa shape index (κ3) is 3.41. The summed E-state index contributed by atoms with van der Waals surface area (Å²) in [5.74, 6) is 0.932. The van der Waals surface area contributed by atoms with Crippen LogP contribution in [0.4, 0.5) is 5.69 Å². The molecule has 1 aliphatic heterocycles. The lowest BCUT2D eigenvalue weighted by Crippen LogP contribution is -2.32. The number of hydrogen-bond donors (Lipinski definition) is 2. The molecule has 6 nitrogen and oxygen atoms in total. The van der Waals surface area contributed by atoms with Gasteiger partial charge >= 0.3 is 0 Å². The molecule has 6 heteroatoms. The average molecular weight is 349 g/mol. The highest BCUT2D eigenvalue weighted by molar-refractivity contribution is 5.61. The lowest BCUT2D eigenvalue weighted by Gasteiger charge is -2.21. The van der Waals surface area contributed by atoms with Gasteiger partial charge in [0.05, 0.1) is 24.7 Å². The fourth-order valence-electron chi connectivity index (χ4n) is 3.50. The number of ether oxygens (including phenoxy) is 1. The summed E-state index contributed by atoms with van der Waals surface area (Å²) in [6, 6.07) is 12.6. The molecule has 3 heterocycles. The fraction of sp³-hybridized carbons (Fsp3) is 0.300. The third-order valence-corrected chi connectivity index (χ3v) is 4.86. The van der Waals surface area contributed by atoms with Gasteiger partial charge in [0.15, 0.2) is 0 Å². The predicted octanol–water partition coefficient (Wildman–Crippen LogP) is 2.85. The summed E-state index contributed by atoms with van der Waals surface area (Å²) in [4.78, 5) is 6.58. The van der Waals surface area contributed by atoms with E-state index in [-0.39, 0.29) is 0 Å². The maximum absolute atomic E-state index is 5.50. The van der Waals surface area contributed by atoms with Crippen LogP contribution in [0.1, 0.15) is 12.0 Å². The van der Waals surface area contributed by atoms with E-state index in [9.17, 15) is 0 Å². The van der Waals surface area contributed by atoms with E-state index in [0.717, 1.165) is 48.6 Å². The minimum atomic E-state index is 0.441. The highest BCUT2D eigenvalue weighted by Gasteiger charge is 2.24. The number of aromatic amines is 1. The Hall–Kier alpha value is -2.86. The van der Waals surface area contributed by atoms with Crippen LogP contribution < -0.4 is 15.0 Å². The Morgan fingerprint density at radius 1 is 1.23 bits per heavy atom. The lowest BCUT2D eigenvalue weighted by atomic mass is 10.1. The molecule has 1 fully saturated rings. The van der Waals surface area contributed by atoms with E-state index >= 15 is 0 Å². The summed E-state index contributed by atoms with van der Waals surface area (Å²) in [7, 11) is 1.73. The quantitative estimate of drug-likeness (QED) is 0.716. The highest BCUT2D eigenvalue weighted by atomic mass is 16.5. The molecule has 0 spiro atoms. The largest absolute Gasteiger partial charge is 0.495 e. The predicted molar refractivity (Wildman–Crippen MR) is 102 cm³/mol. The van der Waals surface area contributed by atoms with Crippen molar-refractivity contribution < 1.29 is 4.74 Å². The molecule has 1 atom stereocenters. The Morgan fingerprint density at radius 3 is 3.00 bits per heavy atom. The molecule has 134 valence electrons. The molecule has 4 rings (SSSR count). The number of pyridine rings is 1. The minimum absolute atomic E-state index is 0.441. The SMILES string of the molecule is COc1ccccc1N1CC[C@@H](NCc2cn[nH]c2-c2cccnc2)C1. The second kappa shape index (κ2) is 7.58. The van der Waals surface area contributed by atoms with Crippen molar-refractivity contribution in [1.29, 1.82) is 0 Å². The van der Waals surface area contributed by atoms with E-state index in [2.05, 4.69) is 37.5 Å². The van der Waals surface area contributed by atoms with Crippen LogP contribution in [-0.4, -0.2) is 41.4 Å². The Labute approximate surface area is 153 Å². The van der Waals surface area contributed by atoms with Crippen molar-refractivity contribution in [3.63, 3.8) is 0 Å². The molecule has 0 unspecified atom stereocenters. The van der Waals surface area contributed by atoms with Crippen LogP contribution in [0.3, 0.4) is 0 Å². The third-order valence-electron chi connectivity index (χ3n) is 4.86. The summed E-state index contributed by atoms with van der Waals surface area (Å²) in [5.41, 5.74) is 4.42. The van der Waals surface area contributed by atoms with Crippen molar-refractivity contribution in [1.82, 2.24) is 20.5 Å². The van der Waals surface area contributed by atoms with Gasteiger partial charge in [-0.3, -0.25) is 10.1 Å². The number of methoxy groups -OCH3 is 1. The molecule has 2 N–H and O–H groups in total. The van der Waals surface area contributed by atoms with Gasteiger partial charge in [0.2, 0.25) is 0 Å². The Kier molecular flexibility index (Phi) is 4.84. The fourth-order valence-corrected chi connectivity index (χ4v) is 3.50. The Morgan fingerprint density at radius 2 is 2.15 bits per heavy atom. The number of nitrogens with zero attached hydrogens (tertiary/aromatic N) is 3. The molecule has 26 heavy (non-hydrogen) atoms. The topological polar surface area (TPSA) is 66.1 Å². The first-order valence-corrected chi connectivity index (χ1v) is 8.89. The van der Waals surface area contributed by atoms with Crippen molar-refractivity contribution in [2.75, 3.05) is 25.1 Å². The molecule has 0 amide bonds. The first-order chi connectivity index (χ1) is 12.8. The van der Waals surface area contributed by atoms with Crippen molar-refractivity contribution in [2.45, 2.75) is 19.0 Å². The van der Waals surface area contributed by atoms with Crippen LogP contribution in [0, 0.1) is 0 Å². The van der Waals surface area contributed by atoms with Crippen LogP contribution >= 0.6 is 0 Å². The summed E-state index contributed by atoms with van der Waals surface area (Å²) in [5, 5.41) is 11.0. The van der Waals surface area contributed by atoms with E-state index in [4.69, 9.17) is 4.74 Å². The maximum Gasteiger partial charge on any atom is 0.142 e. The zero-order chi connectivity index (χ0) is 17.8. The van der Waals surface area contributed by atoms with Gasteiger partial charge in [0.1, 0.15) is 5.75 Å². The van der Waals surface area contributed by atoms with Gasteiger partial charge in [-0.2, -0.15) is 5.10 Å². The van der Waals surface area contributed by atoms with Crippen LogP contribution in [0.15, 0.2) is 55.0 Å². The van der Waals surface area contributed by atoms with Gasteiger partial charge in [-0.25, -0.2) is 0 Å². The van der Waals surface area contributed by atoms with Crippen molar-refractivity contribution in [3.8, 4) is 17.0 Å². The number of rotatable bonds is 6. The lowest BCUT2D eigenvalue weighted by molar-refractivity contribution is 0.414. The van der Waals surface area contributed by atoms with Crippen LogP contribution in [0.25, 0.3) is 11.3 Å². The minimum Gasteiger partial charge on any atom is -0.495 e. The molecule has 0 saturated carbocycles. The van der Waals surface area contributed by atoms with Crippen LogP contribution in [0.2, 0.25) is 0 Å². The van der Waals surface area contributed by atoms with E-state index < -0.39 is 0 Å². The monoisotopic (exact) mass is 349 g/mol. The van der Waals surface area contributed by atoms with Gasteiger partial charge in [0.25, 0.3) is 0 Å². The zero-order valence-corrected chi connectivity index (χ0v) is 14.9. The summed E-state index contributed by atoms with van der Waals surface area (Å²) in [6.45, 7) is 2.78. The van der Waals surface area contributed by atoms with Crippen LogP contribution in [0.5, 0.6) is 5.75 Å². The average Bonchev–Trinajstić information content (AvgIpc) is 3.36. The van der Waals surface area contributed by atoms with Crippen molar-refractivity contribution in [2.24, 2.45) is 0 Å². The number of H-pyrrole nitrogens is 1. The molecular weight excluding hydrogens is 326 g/mol. The second-order valence-electron chi connectivity index (χ2n) is 6.50. The van der Waals surface area contributed by atoms with E-state index in [0.29, 0.717) is 6.04 Å². The Balaban J connectivity index is 1.39. The molecule has 1 saturated heterocycles. The number of hydrogen-bond acceptors (Lipinski definition) is 5. The smallest absolute Gasteiger partial charge is 0.142 e. The molecule has 0 bridgehead atoms. The van der Waals surface area contributed by atoms with Gasteiger partial charge in [-0.15, -0.1) is 0 Å². The van der Waals surface area contributed by atoms with Gasteiger partial charge in [-0.05, 0) is 30.7 Å². The normalized spacial score (nSPS) is 16.8. The van der Waals surface area contributed by atoms with E-state index in [1.54, 1.807) is 13.3 Å². The number of anilines is 1. The first kappa shape index (κ1) is 16.6. The van der Waals surface area contributed by atoms with Gasteiger partial charge < -0.3 is 15.0 Å². The number of nitrogens with one attached hydrogen (secondary N) is 2. The standard InChI is InChI=1S/C20H23N5O/c1-26-19-7-3-2-6-18(19)25-10-8-17(14-25)22-12-16-13-23-24-20(16)15-5-4-9-21-11-15/h2-7,9,11,13,17,22H,8,10,12,14H2,1H3,(H,23,24)/t17-/m1/s1. The Bertz CT molecular complexity index is 848. The van der Waals surface area contributed by atoms with E-state index in [1.807, 2.05) is 36.7 Å². The molecule has 1 aliphatic rings. The molecular formula is C20H23N5O. The molecule has 0 radical (unpaired) electrons. The number of para-hydroxylation sites is 2. The summed E-state index contributed by atoms with van der Waals surface area (Å²) in [6.07, 6.45) is 6.64. The molecule has 1 aromatic carbocycles. The molecule has 3 aromatic rings. The first-order valence-electron chi connectivity index (χ1n) is 8.89. The van der Waals surface area contributed by atoms with Crippen molar-refractivity contribution >= 4 is 5.69 Å². The summed E-state index contributed by atoms with van der Waals surface area (Å²) >= 11 is 0.